The number of hydrogen-bond donors (Lipinski definition) is 0. The number of nitrogens with zero attached hydrogens (tertiary/aromatic N) is 2. The average molecular weight is 627 g/mol. The van der Waals surface area contributed by atoms with Gasteiger partial charge < -0.3 is 14.4 Å². The molecule has 1 radical (unpaired) electrons. The molecule has 3 aromatic heterocycles. The first kappa shape index (κ1) is 18.7. The number of pyridine rings is 2. The van der Waals surface area contributed by atoms with E-state index in [1.165, 1.54) is 24.4 Å². The molecule has 3 nitrogen and oxygen atoms in total. The van der Waals surface area contributed by atoms with E-state index in [1.54, 1.807) is 24.4 Å². The van der Waals surface area contributed by atoms with Crippen molar-refractivity contribution in [3.63, 3.8) is 0 Å². The van der Waals surface area contributed by atoms with Crippen molar-refractivity contribution < 1.29 is 34.4 Å². The maximum atomic E-state index is 13.7. The summed E-state index contributed by atoms with van der Waals surface area (Å²) >= 11 is 0. The topological polar surface area (TPSA) is 38.9 Å². The molecule has 0 amide bonds. The van der Waals surface area contributed by atoms with Crippen molar-refractivity contribution in [1.29, 1.82) is 0 Å². The molecular weight excluding hydrogens is 604 g/mol. The Bertz CT molecular complexity index is 1650. The summed E-state index contributed by atoms with van der Waals surface area (Å²) in [6, 6.07) is 28.6. The van der Waals surface area contributed by atoms with E-state index in [0.717, 1.165) is 11.3 Å². The molecule has 0 aliphatic carbocycles. The zero-order chi connectivity index (χ0) is 26.0. The van der Waals surface area contributed by atoms with E-state index >= 15 is 0 Å². The third kappa shape index (κ3) is 4.96. The Morgan fingerprint density at radius 2 is 1.76 bits per heavy atom. The molecule has 0 saturated heterocycles. The molecule has 6 aromatic rings. The van der Waals surface area contributed by atoms with Crippen LogP contribution >= 0.6 is 0 Å². The molecule has 34 heavy (non-hydrogen) atoms. The first-order chi connectivity index (χ1) is 17.8. The number of fused-ring (bicyclic) bond motifs is 3. The molecule has 3 heterocycles. The molecule has 0 N–H and O–H groups in total. The minimum absolute atomic E-state index is 0. The Morgan fingerprint density at radius 1 is 0.882 bits per heavy atom. The molecule has 0 spiro atoms. The molecule has 0 unspecified atom stereocenters. The normalized spacial score (nSPS) is 12.5. The van der Waals surface area contributed by atoms with E-state index in [0.29, 0.717) is 27.6 Å². The Hall–Kier alpha value is -3.66. The first-order valence-electron chi connectivity index (χ1n) is 12.2. The molecule has 0 saturated carbocycles. The maximum Gasteiger partial charge on any atom is 0.126 e. The number of benzene rings is 3. The second kappa shape index (κ2) is 10.5. The van der Waals surface area contributed by atoms with Crippen LogP contribution in [-0.4, -0.2) is 9.97 Å². The van der Waals surface area contributed by atoms with Crippen molar-refractivity contribution in [1.82, 2.24) is 9.97 Å². The van der Waals surface area contributed by atoms with Crippen molar-refractivity contribution >= 4 is 21.9 Å². The van der Waals surface area contributed by atoms with Crippen LogP contribution in [0.15, 0.2) is 102 Å². The van der Waals surface area contributed by atoms with Gasteiger partial charge in [0.1, 0.15) is 11.4 Å². The predicted octanol–water partition coefficient (Wildman–Crippen LogP) is 7.44. The van der Waals surface area contributed by atoms with Crippen LogP contribution in [0.5, 0.6) is 0 Å². The quantitative estimate of drug-likeness (QED) is 0.188. The van der Waals surface area contributed by atoms with Crippen molar-refractivity contribution in [2.45, 2.75) is 6.85 Å². The van der Waals surface area contributed by atoms with Gasteiger partial charge in [0, 0.05) is 48.0 Å². The molecule has 6 rings (SSSR count). The molecule has 0 bridgehead atoms. The Balaban J connectivity index is 0.000000218. The minimum Gasteiger partial charge on any atom is -0.500 e. The number of halogens is 1. The van der Waals surface area contributed by atoms with Gasteiger partial charge in [-0.15, -0.1) is 54.1 Å². The first-order valence-corrected chi connectivity index (χ1v) is 10.2. The number of rotatable bonds is 2. The summed E-state index contributed by atoms with van der Waals surface area (Å²) in [6.45, 7) is -2.25. The van der Waals surface area contributed by atoms with Crippen LogP contribution in [0, 0.1) is 24.8 Å². The average Bonchev–Trinajstić information content (AvgIpc) is 3.31. The number of furan rings is 1. The second-order valence-electron chi connectivity index (χ2n) is 7.17. The van der Waals surface area contributed by atoms with E-state index < -0.39 is 12.7 Å². The maximum absolute atomic E-state index is 13.7. The van der Waals surface area contributed by atoms with E-state index in [1.807, 2.05) is 42.5 Å². The Labute approximate surface area is 216 Å². The van der Waals surface area contributed by atoms with Gasteiger partial charge in [0.2, 0.25) is 0 Å². The van der Waals surface area contributed by atoms with E-state index in [2.05, 4.69) is 22.1 Å². The van der Waals surface area contributed by atoms with Gasteiger partial charge in [0.15, 0.2) is 0 Å². The summed E-state index contributed by atoms with van der Waals surface area (Å²) < 4.78 is 49.9. The summed E-state index contributed by atoms with van der Waals surface area (Å²) in [6.07, 6.45) is 3.21. The van der Waals surface area contributed by atoms with Gasteiger partial charge in [-0.3, -0.25) is 0 Å². The molecule has 0 aliphatic heterocycles. The zero-order valence-corrected chi connectivity index (χ0v) is 20.1. The van der Waals surface area contributed by atoms with Gasteiger partial charge in [0.05, 0.1) is 6.95 Å². The molecule has 0 atom stereocenters. The Kier molecular flexibility index (Phi) is 5.79. The van der Waals surface area contributed by atoms with Gasteiger partial charge in [0.25, 0.3) is 0 Å². The van der Waals surface area contributed by atoms with Crippen LogP contribution in [0.3, 0.4) is 0 Å². The molecule has 0 fully saturated rings. The van der Waals surface area contributed by atoms with Crippen LogP contribution in [0.25, 0.3) is 44.5 Å². The van der Waals surface area contributed by atoms with Crippen LogP contribution in [0.1, 0.15) is 11.0 Å². The largest absolute Gasteiger partial charge is 0.500 e. The summed E-state index contributed by atoms with van der Waals surface area (Å²) in [5.74, 6) is -0.667. The summed E-state index contributed by atoms with van der Waals surface area (Å²) in [7, 11) is 0. The fraction of sp³-hybridized carbons (Fsp3) is 0.0345. The van der Waals surface area contributed by atoms with Crippen LogP contribution in [0.4, 0.5) is 4.39 Å². The van der Waals surface area contributed by atoms with Gasteiger partial charge in [-0.2, -0.15) is 0 Å². The standard InChI is InChI=1S/C18H11FNO.C11H8N.Ir/c1-11-7-8-20-16(9-11)15-4-2-3-14-13-6-5-12(19)10-17(13)21-18(14)15;1-2-6-10(7-3-1)11-8-4-5-9-12-11;/h2-3,5-10H,1H3;1-6,8-9H;/q2*-1;/i1D3,10D;;. The molecular formula is C29H19FIrN2O-2. The van der Waals surface area contributed by atoms with E-state index in [9.17, 15) is 4.39 Å². The van der Waals surface area contributed by atoms with Gasteiger partial charge in [-0.25, -0.2) is 4.39 Å². The smallest absolute Gasteiger partial charge is 0.126 e. The minimum atomic E-state index is -2.25. The third-order valence-electron chi connectivity index (χ3n) is 4.98. The van der Waals surface area contributed by atoms with Crippen LogP contribution < -0.4 is 0 Å². The monoisotopic (exact) mass is 627 g/mol. The van der Waals surface area contributed by atoms with Crippen LogP contribution in [0.2, 0.25) is 0 Å². The van der Waals surface area contributed by atoms with Gasteiger partial charge >= 0.3 is 0 Å². The zero-order valence-electron chi connectivity index (χ0n) is 21.7. The fourth-order valence-corrected chi connectivity index (χ4v) is 3.48. The molecule has 3 aromatic carbocycles. The predicted molar refractivity (Wildman–Crippen MR) is 129 cm³/mol. The second-order valence-corrected chi connectivity index (χ2v) is 7.17. The van der Waals surface area contributed by atoms with E-state index in [-0.39, 0.29) is 37.3 Å². The van der Waals surface area contributed by atoms with Crippen molar-refractivity contribution in [2.24, 2.45) is 0 Å². The Morgan fingerprint density at radius 3 is 2.56 bits per heavy atom. The van der Waals surface area contributed by atoms with Crippen molar-refractivity contribution in [2.75, 3.05) is 0 Å². The fourth-order valence-electron chi connectivity index (χ4n) is 3.48. The van der Waals surface area contributed by atoms with Gasteiger partial charge in [-0.1, -0.05) is 34.7 Å². The molecule has 5 heteroatoms. The third-order valence-corrected chi connectivity index (χ3v) is 4.98. The number of aryl methyl sites for hydroxylation is 1. The SMILES string of the molecule is [2H]c1c(F)ccc2c1oc1c(-c3cc(C([2H])([2H])[2H])ccn3)[c-]ccc12.[Ir].[c-]1ccccc1-c1ccccn1. The van der Waals surface area contributed by atoms with E-state index in [4.69, 9.17) is 9.90 Å². The number of aromatic nitrogens is 2. The molecule has 169 valence electrons. The van der Waals surface area contributed by atoms with Crippen molar-refractivity contribution in [3.05, 3.63) is 121 Å². The van der Waals surface area contributed by atoms with Crippen molar-refractivity contribution in [3.8, 4) is 22.5 Å². The summed E-state index contributed by atoms with van der Waals surface area (Å²) in [5, 5.41) is 1.31. The van der Waals surface area contributed by atoms with Gasteiger partial charge in [-0.05, 0) is 42.5 Å². The number of hydrogen-bond acceptors (Lipinski definition) is 3. The summed E-state index contributed by atoms with van der Waals surface area (Å²) in [5.41, 5.74) is 3.57. The molecule has 0 aliphatic rings. The van der Waals surface area contributed by atoms with Crippen LogP contribution in [-0.2, 0) is 20.1 Å². The summed E-state index contributed by atoms with van der Waals surface area (Å²) in [4.78, 5) is 8.44.